The molecule has 0 aliphatic rings. The maximum atomic E-state index is 2.12. The largest absolute Gasteiger partial charge is 1.00 e. The van der Waals surface area contributed by atoms with E-state index in [2.05, 4.69) is 48.5 Å². The molecule has 0 amide bonds. The number of hydrogen-bond donors (Lipinski definition) is 0. The van der Waals surface area contributed by atoms with E-state index in [4.69, 9.17) is 0 Å². The maximum absolute atomic E-state index is 2.12. The fourth-order valence-electron chi connectivity index (χ4n) is 1.13. The maximum Gasteiger partial charge on any atom is -0.0184 e. The van der Waals surface area contributed by atoms with Gasteiger partial charge in [0.25, 0.3) is 0 Å². The summed E-state index contributed by atoms with van der Waals surface area (Å²) in [6.45, 7) is 0. The summed E-state index contributed by atoms with van der Waals surface area (Å²) in [5.74, 6) is 0. The van der Waals surface area contributed by atoms with Gasteiger partial charge in [0.2, 0.25) is 0 Å². The Labute approximate surface area is 64.8 Å². The lowest BCUT2D eigenvalue weighted by molar-refractivity contribution is -0.00000191. The van der Waals surface area contributed by atoms with Crippen molar-refractivity contribution in [3.63, 3.8) is 0 Å². The quantitative estimate of drug-likeness (QED) is 0.486. The van der Waals surface area contributed by atoms with Crippen LogP contribution in [0.25, 0.3) is 10.8 Å². The minimum absolute atomic E-state index is 0. The highest BCUT2D eigenvalue weighted by molar-refractivity contribution is 5.81. The van der Waals surface area contributed by atoms with Crippen LogP contribution in [-0.2, 0) is 0 Å². The summed E-state index contributed by atoms with van der Waals surface area (Å²) in [6.07, 6.45) is 0. The molecule has 0 heterocycles. The first kappa shape index (κ1) is 7.73. The fourth-order valence-corrected chi connectivity index (χ4v) is 1.13. The van der Waals surface area contributed by atoms with E-state index in [1.54, 1.807) is 0 Å². The van der Waals surface area contributed by atoms with Gasteiger partial charge in [-0.15, -0.1) is 0 Å². The van der Waals surface area contributed by atoms with Gasteiger partial charge in [0.15, 0.2) is 0 Å². The molecular weight excluding hydrogens is 139 g/mol. The van der Waals surface area contributed by atoms with Crippen molar-refractivity contribution in [1.82, 2.24) is 0 Å². The smallest absolute Gasteiger partial charge is 0.0184 e. The third-order valence-electron chi connectivity index (χ3n) is 1.66. The first-order chi connectivity index (χ1) is 4.97. The molecule has 0 bridgehead atoms. The second kappa shape index (κ2) is 3.15. The average molecular weight is 147 g/mol. The Morgan fingerprint density at radius 3 is 1.09 bits per heavy atom. The zero-order valence-corrected chi connectivity index (χ0v) is 6.00. The number of hydrogen-bond acceptors (Lipinski definition) is 0. The van der Waals surface area contributed by atoms with Gasteiger partial charge in [0.1, 0.15) is 0 Å². The van der Waals surface area contributed by atoms with Gasteiger partial charge in [-0.1, -0.05) is 48.5 Å². The zero-order valence-electron chi connectivity index (χ0n) is 6.00. The van der Waals surface area contributed by atoms with E-state index in [9.17, 15) is 0 Å². The van der Waals surface area contributed by atoms with E-state index in [0.29, 0.717) is 0 Å². The van der Waals surface area contributed by atoms with E-state index < -0.39 is 0 Å². The van der Waals surface area contributed by atoms with Crippen LogP contribution < -0.4 is 4.70 Å². The lowest BCUT2D eigenvalue weighted by Gasteiger charge is -1.92. The van der Waals surface area contributed by atoms with Crippen molar-refractivity contribution in [2.45, 2.75) is 0 Å². The van der Waals surface area contributed by atoms with Crippen LogP contribution in [0, 0.1) is 0 Å². The molecular formula is C10H8F-. The van der Waals surface area contributed by atoms with Crippen molar-refractivity contribution in [3.05, 3.63) is 48.5 Å². The zero-order chi connectivity index (χ0) is 6.81. The molecule has 0 fully saturated rings. The van der Waals surface area contributed by atoms with Crippen molar-refractivity contribution >= 4 is 10.8 Å². The topological polar surface area (TPSA) is 0 Å². The van der Waals surface area contributed by atoms with Crippen molar-refractivity contribution in [2.75, 3.05) is 0 Å². The molecule has 2 rings (SSSR count). The van der Waals surface area contributed by atoms with Crippen molar-refractivity contribution in [2.24, 2.45) is 0 Å². The molecule has 0 atom stereocenters. The average Bonchev–Trinajstić information content (AvgIpc) is 2.05. The molecule has 0 aliphatic heterocycles. The lowest BCUT2D eigenvalue weighted by atomic mass is 10.1. The second-order valence-corrected chi connectivity index (χ2v) is 2.35. The number of fused-ring (bicyclic) bond motifs is 1. The van der Waals surface area contributed by atoms with Crippen LogP contribution in [0.1, 0.15) is 0 Å². The van der Waals surface area contributed by atoms with E-state index in [1.165, 1.54) is 10.8 Å². The summed E-state index contributed by atoms with van der Waals surface area (Å²) < 4.78 is 0. The van der Waals surface area contributed by atoms with Crippen LogP contribution in [0.5, 0.6) is 0 Å². The molecule has 2 aromatic rings. The molecule has 0 saturated heterocycles. The molecule has 0 nitrogen and oxygen atoms in total. The van der Waals surface area contributed by atoms with Crippen LogP contribution in [0.3, 0.4) is 0 Å². The van der Waals surface area contributed by atoms with E-state index in [0.717, 1.165) is 0 Å². The summed E-state index contributed by atoms with van der Waals surface area (Å²) in [5.41, 5.74) is 0. The molecule has 0 radical (unpaired) electrons. The molecule has 1 heteroatoms. The normalized spacial score (nSPS) is 9.09. The minimum atomic E-state index is 0. The van der Waals surface area contributed by atoms with Gasteiger partial charge in [-0.3, -0.25) is 0 Å². The summed E-state index contributed by atoms with van der Waals surface area (Å²) in [6, 6.07) is 16.7. The number of rotatable bonds is 0. The summed E-state index contributed by atoms with van der Waals surface area (Å²) in [5, 5.41) is 2.62. The monoisotopic (exact) mass is 147 g/mol. The van der Waals surface area contributed by atoms with Gasteiger partial charge < -0.3 is 4.70 Å². The van der Waals surface area contributed by atoms with Crippen LogP contribution >= 0.6 is 0 Å². The van der Waals surface area contributed by atoms with Gasteiger partial charge >= 0.3 is 0 Å². The molecule has 0 unspecified atom stereocenters. The Hall–Kier alpha value is -1.37. The molecule has 0 spiro atoms. The van der Waals surface area contributed by atoms with E-state index in [1.807, 2.05) is 0 Å². The van der Waals surface area contributed by atoms with Crippen LogP contribution in [-0.4, -0.2) is 0 Å². The second-order valence-electron chi connectivity index (χ2n) is 2.35. The molecule has 0 aromatic heterocycles. The summed E-state index contributed by atoms with van der Waals surface area (Å²) in [4.78, 5) is 0. The number of benzene rings is 2. The van der Waals surface area contributed by atoms with Gasteiger partial charge in [0, 0.05) is 0 Å². The van der Waals surface area contributed by atoms with Crippen molar-refractivity contribution < 1.29 is 4.70 Å². The van der Waals surface area contributed by atoms with Crippen LogP contribution in [0.4, 0.5) is 0 Å². The first-order valence-corrected chi connectivity index (χ1v) is 3.40. The van der Waals surface area contributed by atoms with Gasteiger partial charge in [-0.25, -0.2) is 0 Å². The Kier molecular flexibility index (Phi) is 2.21. The van der Waals surface area contributed by atoms with E-state index >= 15 is 0 Å². The highest BCUT2D eigenvalue weighted by Gasteiger charge is 1.85. The Bertz CT molecular complexity index is 276. The van der Waals surface area contributed by atoms with Gasteiger partial charge in [0.05, 0.1) is 0 Å². The Morgan fingerprint density at radius 1 is 0.545 bits per heavy atom. The molecule has 56 valence electrons. The predicted molar refractivity (Wildman–Crippen MR) is 43.9 cm³/mol. The summed E-state index contributed by atoms with van der Waals surface area (Å²) in [7, 11) is 0. The van der Waals surface area contributed by atoms with E-state index in [-0.39, 0.29) is 4.70 Å². The van der Waals surface area contributed by atoms with Crippen molar-refractivity contribution in [1.29, 1.82) is 0 Å². The predicted octanol–water partition coefficient (Wildman–Crippen LogP) is -0.156. The SMILES string of the molecule is [F-].c1ccc2ccccc2c1. The van der Waals surface area contributed by atoms with Gasteiger partial charge in [-0.2, -0.15) is 0 Å². The fraction of sp³-hybridized carbons (Fsp3) is 0. The molecule has 0 saturated carbocycles. The Morgan fingerprint density at radius 2 is 0.818 bits per heavy atom. The Balaban J connectivity index is 0.000000605. The lowest BCUT2D eigenvalue weighted by Crippen LogP contribution is -3.00. The van der Waals surface area contributed by atoms with Crippen LogP contribution in [0.2, 0.25) is 0 Å². The molecule has 11 heavy (non-hydrogen) atoms. The standard InChI is InChI=1S/C10H8.FH/c1-2-6-10-8-4-3-7-9(10)5-1;/h1-8H;1H/p-1. The third kappa shape index (κ3) is 1.37. The highest BCUT2D eigenvalue weighted by Crippen LogP contribution is 2.11. The summed E-state index contributed by atoms with van der Waals surface area (Å²) >= 11 is 0. The molecule has 2 aromatic carbocycles. The molecule has 0 aliphatic carbocycles. The number of halogens is 1. The highest BCUT2D eigenvalue weighted by atomic mass is 19.0. The van der Waals surface area contributed by atoms with Crippen LogP contribution in [0.15, 0.2) is 48.5 Å². The minimum Gasteiger partial charge on any atom is -1.00 e. The van der Waals surface area contributed by atoms with Gasteiger partial charge in [-0.05, 0) is 10.8 Å². The first-order valence-electron chi connectivity index (χ1n) is 3.40. The van der Waals surface area contributed by atoms with Crippen molar-refractivity contribution in [3.8, 4) is 0 Å². The molecule has 0 N–H and O–H groups in total. The third-order valence-corrected chi connectivity index (χ3v) is 1.66.